The maximum absolute atomic E-state index is 12.4. The standard InChI is InChI=1S/C17H20N4O2/c1-6-10-20(16(22)23-17(3,4)5)15-12-21(19-13(15)2)14-8-7-9-18-11-14/h1,7-9,11-12H,10H2,2-5H3. The summed E-state index contributed by atoms with van der Waals surface area (Å²) >= 11 is 0. The van der Waals surface area contributed by atoms with Gasteiger partial charge in [0.05, 0.1) is 36.0 Å². The van der Waals surface area contributed by atoms with Crippen LogP contribution in [0.5, 0.6) is 0 Å². The van der Waals surface area contributed by atoms with Crippen molar-refractivity contribution in [3.05, 3.63) is 36.4 Å². The Balaban J connectivity index is 2.35. The first-order valence-electron chi connectivity index (χ1n) is 7.22. The highest BCUT2D eigenvalue weighted by Gasteiger charge is 2.25. The largest absolute Gasteiger partial charge is 0.443 e. The molecule has 23 heavy (non-hydrogen) atoms. The number of aromatic nitrogens is 3. The van der Waals surface area contributed by atoms with Crippen molar-refractivity contribution in [1.29, 1.82) is 0 Å². The molecule has 2 rings (SSSR count). The maximum atomic E-state index is 12.4. The van der Waals surface area contributed by atoms with Crippen LogP contribution in [0.4, 0.5) is 10.5 Å². The van der Waals surface area contributed by atoms with E-state index in [-0.39, 0.29) is 6.54 Å². The molecule has 0 radical (unpaired) electrons. The molecule has 0 aliphatic heterocycles. The molecule has 0 saturated heterocycles. The molecule has 0 fully saturated rings. The Morgan fingerprint density at radius 3 is 2.78 bits per heavy atom. The number of terminal acetylenes is 1. The monoisotopic (exact) mass is 312 g/mol. The number of pyridine rings is 1. The van der Waals surface area contributed by atoms with E-state index >= 15 is 0 Å². The van der Waals surface area contributed by atoms with Gasteiger partial charge in [0.2, 0.25) is 0 Å². The molecule has 0 atom stereocenters. The van der Waals surface area contributed by atoms with Crippen LogP contribution in [0.1, 0.15) is 26.5 Å². The minimum Gasteiger partial charge on any atom is -0.443 e. The van der Waals surface area contributed by atoms with Gasteiger partial charge >= 0.3 is 6.09 Å². The summed E-state index contributed by atoms with van der Waals surface area (Å²) < 4.78 is 7.08. The summed E-state index contributed by atoms with van der Waals surface area (Å²) in [6.07, 6.45) is 10.0. The van der Waals surface area contributed by atoms with Gasteiger partial charge in [-0.3, -0.25) is 9.88 Å². The van der Waals surface area contributed by atoms with E-state index in [1.54, 1.807) is 23.3 Å². The maximum Gasteiger partial charge on any atom is 0.415 e. The van der Waals surface area contributed by atoms with Crippen molar-refractivity contribution in [3.63, 3.8) is 0 Å². The Bertz CT molecular complexity index is 723. The molecular formula is C17H20N4O2. The van der Waals surface area contributed by atoms with E-state index in [4.69, 9.17) is 11.2 Å². The number of anilines is 1. The number of nitrogens with zero attached hydrogens (tertiary/aromatic N) is 4. The highest BCUT2D eigenvalue weighted by atomic mass is 16.6. The van der Waals surface area contributed by atoms with Gasteiger partial charge in [0.15, 0.2) is 0 Å². The first-order valence-corrected chi connectivity index (χ1v) is 7.22. The number of amides is 1. The lowest BCUT2D eigenvalue weighted by Gasteiger charge is -2.25. The van der Waals surface area contributed by atoms with Crippen LogP contribution in [0.15, 0.2) is 30.7 Å². The summed E-state index contributed by atoms with van der Waals surface area (Å²) in [6.45, 7) is 7.35. The number of ether oxygens (including phenoxy) is 1. The Hall–Kier alpha value is -2.81. The molecule has 1 amide bonds. The molecule has 120 valence electrons. The first kappa shape index (κ1) is 16.6. The molecule has 0 bridgehead atoms. The van der Waals surface area contributed by atoms with Crippen molar-refractivity contribution in [2.75, 3.05) is 11.4 Å². The van der Waals surface area contributed by atoms with Crippen LogP contribution in [0, 0.1) is 19.3 Å². The van der Waals surface area contributed by atoms with Crippen LogP contribution in [-0.2, 0) is 4.74 Å². The number of hydrogen-bond donors (Lipinski definition) is 0. The fraction of sp³-hybridized carbons (Fsp3) is 0.353. The van der Waals surface area contributed by atoms with Gasteiger partial charge in [-0.2, -0.15) is 5.10 Å². The predicted molar refractivity (Wildman–Crippen MR) is 88.5 cm³/mol. The Kier molecular flexibility index (Phi) is 4.70. The van der Waals surface area contributed by atoms with Gasteiger partial charge in [0.1, 0.15) is 5.60 Å². The minimum atomic E-state index is -0.600. The van der Waals surface area contributed by atoms with Gasteiger partial charge in [-0.1, -0.05) is 5.92 Å². The average Bonchev–Trinajstić information content (AvgIpc) is 2.85. The Morgan fingerprint density at radius 1 is 1.48 bits per heavy atom. The molecule has 0 saturated carbocycles. The predicted octanol–water partition coefficient (Wildman–Crippen LogP) is 2.95. The van der Waals surface area contributed by atoms with Gasteiger partial charge in [0, 0.05) is 6.20 Å². The minimum absolute atomic E-state index is 0.106. The third kappa shape index (κ3) is 4.10. The van der Waals surface area contributed by atoms with E-state index in [1.807, 2.05) is 39.8 Å². The van der Waals surface area contributed by atoms with E-state index in [9.17, 15) is 4.79 Å². The molecule has 0 spiro atoms. The highest BCUT2D eigenvalue weighted by Crippen LogP contribution is 2.23. The second kappa shape index (κ2) is 6.53. The summed E-state index contributed by atoms with van der Waals surface area (Å²) in [6, 6.07) is 3.70. The molecule has 2 heterocycles. The average molecular weight is 312 g/mol. The zero-order valence-electron chi connectivity index (χ0n) is 13.8. The molecule has 2 aromatic heterocycles. The van der Waals surface area contributed by atoms with E-state index in [1.165, 1.54) is 4.90 Å². The summed E-state index contributed by atoms with van der Waals surface area (Å²) in [5.74, 6) is 2.48. The molecule has 6 heteroatoms. The lowest BCUT2D eigenvalue weighted by Crippen LogP contribution is -2.37. The summed E-state index contributed by atoms with van der Waals surface area (Å²) in [4.78, 5) is 17.9. The van der Waals surface area contributed by atoms with Crippen LogP contribution in [0.2, 0.25) is 0 Å². The zero-order valence-corrected chi connectivity index (χ0v) is 13.8. The van der Waals surface area contributed by atoms with Crippen molar-refractivity contribution in [2.45, 2.75) is 33.3 Å². The molecule has 0 aliphatic rings. The van der Waals surface area contributed by atoms with E-state index in [0.29, 0.717) is 11.4 Å². The molecule has 0 aliphatic carbocycles. The van der Waals surface area contributed by atoms with Gasteiger partial charge in [0.25, 0.3) is 0 Å². The number of carbonyl (C=O) groups is 1. The number of carbonyl (C=O) groups excluding carboxylic acids is 1. The van der Waals surface area contributed by atoms with Gasteiger partial charge in [-0.15, -0.1) is 6.42 Å². The number of rotatable bonds is 3. The summed E-state index contributed by atoms with van der Waals surface area (Å²) in [5.41, 5.74) is 1.49. The molecule has 0 aromatic carbocycles. The fourth-order valence-electron chi connectivity index (χ4n) is 1.99. The summed E-state index contributed by atoms with van der Waals surface area (Å²) in [7, 11) is 0. The fourth-order valence-corrected chi connectivity index (χ4v) is 1.99. The van der Waals surface area contributed by atoms with E-state index < -0.39 is 11.7 Å². The van der Waals surface area contributed by atoms with Crippen LogP contribution >= 0.6 is 0 Å². The molecule has 6 nitrogen and oxygen atoms in total. The van der Waals surface area contributed by atoms with Gasteiger partial charge in [-0.05, 0) is 39.8 Å². The number of hydrogen-bond acceptors (Lipinski definition) is 4. The van der Waals surface area contributed by atoms with Crippen LogP contribution in [0.3, 0.4) is 0 Å². The zero-order chi connectivity index (χ0) is 17.0. The topological polar surface area (TPSA) is 60.2 Å². The van der Waals surface area contributed by atoms with Crippen molar-refractivity contribution in [1.82, 2.24) is 14.8 Å². The lowest BCUT2D eigenvalue weighted by atomic mass is 10.2. The normalized spacial score (nSPS) is 10.9. The Morgan fingerprint density at radius 2 is 2.22 bits per heavy atom. The highest BCUT2D eigenvalue weighted by molar-refractivity contribution is 5.89. The van der Waals surface area contributed by atoms with Crippen LogP contribution < -0.4 is 4.90 Å². The summed E-state index contributed by atoms with van der Waals surface area (Å²) in [5, 5.41) is 4.42. The van der Waals surface area contributed by atoms with Gasteiger partial charge < -0.3 is 4.74 Å². The molecule has 2 aromatic rings. The lowest BCUT2D eigenvalue weighted by molar-refractivity contribution is 0.0585. The van der Waals surface area contributed by atoms with E-state index in [0.717, 1.165) is 5.69 Å². The van der Waals surface area contributed by atoms with Crippen LogP contribution in [0.25, 0.3) is 5.69 Å². The van der Waals surface area contributed by atoms with Crippen molar-refractivity contribution in [2.24, 2.45) is 0 Å². The third-order valence-electron chi connectivity index (χ3n) is 2.94. The van der Waals surface area contributed by atoms with Crippen molar-refractivity contribution < 1.29 is 9.53 Å². The first-order chi connectivity index (χ1) is 10.8. The quantitative estimate of drug-likeness (QED) is 0.818. The second-order valence-electron chi connectivity index (χ2n) is 6.03. The van der Waals surface area contributed by atoms with Crippen LogP contribution in [-0.4, -0.2) is 33.0 Å². The smallest absolute Gasteiger partial charge is 0.415 e. The van der Waals surface area contributed by atoms with E-state index in [2.05, 4.69) is 16.0 Å². The number of aryl methyl sites for hydroxylation is 1. The van der Waals surface area contributed by atoms with Gasteiger partial charge in [-0.25, -0.2) is 9.48 Å². The van der Waals surface area contributed by atoms with Crippen molar-refractivity contribution >= 4 is 11.8 Å². The SMILES string of the molecule is C#CCN(C(=O)OC(C)(C)C)c1cn(-c2cccnc2)nc1C. The second-order valence-corrected chi connectivity index (χ2v) is 6.03. The molecule has 0 unspecified atom stereocenters. The Labute approximate surface area is 136 Å². The van der Waals surface area contributed by atoms with Crippen molar-refractivity contribution in [3.8, 4) is 18.0 Å². The third-order valence-corrected chi connectivity index (χ3v) is 2.94. The molecular weight excluding hydrogens is 292 g/mol. The molecule has 0 N–H and O–H groups in total.